The lowest BCUT2D eigenvalue weighted by Crippen LogP contribution is -2.32. The number of hydrogen-bond donors (Lipinski definition) is 0. The zero-order valence-corrected chi connectivity index (χ0v) is 10.3. The van der Waals surface area contributed by atoms with Gasteiger partial charge in [0.1, 0.15) is 5.84 Å². The molecule has 0 bridgehead atoms. The van der Waals surface area contributed by atoms with Gasteiger partial charge in [0.15, 0.2) is 11.6 Å². The van der Waals surface area contributed by atoms with E-state index in [0.29, 0.717) is 5.56 Å². The van der Waals surface area contributed by atoms with E-state index in [1.807, 2.05) is 23.3 Å². The minimum absolute atomic E-state index is 0.643. The van der Waals surface area contributed by atoms with Crippen molar-refractivity contribution in [3.05, 3.63) is 53.7 Å². The average molecular weight is 264 g/mol. The minimum atomic E-state index is -0.835. The molecule has 3 rings (SSSR count). The SMILES string of the molecule is Fc1ccc(C2=CC=CN3CCSN=C23)cc1F. The molecule has 0 N–H and O–H groups in total. The molecule has 2 aliphatic rings. The number of nitrogens with zero attached hydrogens (tertiary/aromatic N) is 2. The van der Waals surface area contributed by atoms with E-state index >= 15 is 0 Å². The second kappa shape index (κ2) is 4.57. The Hall–Kier alpha value is -1.62. The Labute approximate surface area is 108 Å². The molecule has 0 unspecified atom stereocenters. The molecule has 5 heteroatoms. The van der Waals surface area contributed by atoms with Crippen LogP contribution in [-0.4, -0.2) is 23.0 Å². The summed E-state index contributed by atoms with van der Waals surface area (Å²) in [5, 5.41) is 0. The van der Waals surface area contributed by atoms with Crippen molar-refractivity contribution < 1.29 is 8.78 Å². The molecule has 0 atom stereocenters. The van der Waals surface area contributed by atoms with Crippen LogP contribution in [0.4, 0.5) is 8.78 Å². The number of halogens is 2. The lowest BCUT2D eigenvalue weighted by Gasteiger charge is -2.29. The van der Waals surface area contributed by atoms with Gasteiger partial charge in [0, 0.05) is 24.1 Å². The highest BCUT2D eigenvalue weighted by Gasteiger charge is 2.21. The van der Waals surface area contributed by atoms with E-state index in [9.17, 15) is 8.78 Å². The summed E-state index contributed by atoms with van der Waals surface area (Å²) in [6, 6.07) is 3.92. The highest BCUT2D eigenvalue weighted by Crippen LogP contribution is 2.27. The van der Waals surface area contributed by atoms with Crippen LogP contribution >= 0.6 is 11.9 Å². The van der Waals surface area contributed by atoms with Gasteiger partial charge >= 0.3 is 0 Å². The fraction of sp³-hybridized carbons (Fsp3) is 0.154. The summed E-state index contributed by atoms with van der Waals surface area (Å²) < 4.78 is 30.6. The van der Waals surface area contributed by atoms with Crippen LogP contribution in [0.1, 0.15) is 5.56 Å². The summed E-state index contributed by atoms with van der Waals surface area (Å²) in [5.41, 5.74) is 1.47. The van der Waals surface area contributed by atoms with E-state index in [0.717, 1.165) is 29.8 Å². The summed E-state index contributed by atoms with van der Waals surface area (Å²) in [7, 11) is 0. The summed E-state index contributed by atoms with van der Waals surface area (Å²) in [6.45, 7) is 0.876. The van der Waals surface area contributed by atoms with E-state index in [4.69, 9.17) is 0 Å². The number of allylic oxidation sites excluding steroid dienone is 2. The van der Waals surface area contributed by atoms with Crippen LogP contribution in [0.5, 0.6) is 0 Å². The zero-order chi connectivity index (χ0) is 12.5. The normalized spacial score (nSPS) is 18.2. The predicted octanol–water partition coefficient (Wildman–Crippen LogP) is 3.24. The molecule has 0 spiro atoms. The first-order valence-corrected chi connectivity index (χ1v) is 6.51. The molecule has 0 radical (unpaired) electrons. The second-order valence-corrected chi connectivity index (χ2v) is 4.84. The number of fused-ring (bicyclic) bond motifs is 1. The summed E-state index contributed by atoms with van der Waals surface area (Å²) in [5.74, 6) is 0.0691. The topological polar surface area (TPSA) is 15.6 Å². The predicted molar refractivity (Wildman–Crippen MR) is 70.1 cm³/mol. The summed E-state index contributed by atoms with van der Waals surface area (Å²) in [6.07, 6.45) is 5.71. The zero-order valence-electron chi connectivity index (χ0n) is 9.44. The Morgan fingerprint density at radius 1 is 1.22 bits per heavy atom. The Balaban J connectivity index is 2.04. The van der Waals surface area contributed by atoms with Gasteiger partial charge in [-0.05, 0) is 41.8 Å². The van der Waals surface area contributed by atoms with E-state index < -0.39 is 11.6 Å². The van der Waals surface area contributed by atoms with Crippen LogP contribution < -0.4 is 0 Å². The first-order chi connectivity index (χ1) is 8.75. The lowest BCUT2D eigenvalue weighted by molar-refractivity contribution is 0.508. The molecule has 0 saturated heterocycles. The molecule has 2 nitrogen and oxygen atoms in total. The Bertz CT molecular complexity index is 578. The van der Waals surface area contributed by atoms with E-state index in [1.165, 1.54) is 18.0 Å². The maximum absolute atomic E-state index is 13.3. The standard InChI is InChI=1S/C13H10F2N2S/c14-11-4-3-9(8-12(11)15)10-2-1-5-17-6-7-18-16-13(10)17/h1-5,8H,6-7H2. The van der Waals surface area contributed by atoms with Gasteiger partial charge in [-0.1, -0.05) is 6.07 Å². The fourth-order valence-electron chi connectivity index (χ4n) is 1.96. The second-order valence-electron chi connectivity index (χ2n) is 3.99. The van der Waals surface area contributed by atoms with Crippen LogP contribution in [0.15, 0.2) is 40.9 Å². The number of benzene rings is 1. The fourth-order valence-corrected chi connectivity index (χ4v) is 2.66. The van der Waals surface area contributed by atoms with E-state index in [-0.39, 0.29) is 0 Å². The van der Waals surface area contributed by atoms with E-state index in [1.54, 1.807) is 6.07 Å². The van der Waals surface area contributed by atoms with Crippen molar-refractivity contribution in [3.8, 4) is 0 Å². The first kappa shape index (κ1) is 11.5. The lowest BCUT2D eigenvalue weighted by atomic mass is 10.0. The van der Waals surface area contributed by atoms with Crippen LogP contribution in [0.3, 0.4) is 0 Å². The van der Waals surface area contributed by atoms with Gasteiger partial charge in [0.2, 0.25) is 0 Å². The summed E-state index contributed by atoms with van der Waals surface area (Å²) in [4.78, 5) is 2.02. The molecule has 0 amide bonds. The summed E-state index contributed by atoms with van der Waals surface area (Å²) >= 11 is 1.49. The van der Waals surface area contributed by atoms with Crippen molar-refractivity contribution in [2.45, 2.75) is 0 Å². The van der Waals surface area contributed by atoms with Crippen molar-refractivity contribution in [2.24, 2.45) is 4.40 Å². The van der Waals surface area contributed by atoms with Crippen LogP contribution in [0, 0.1) is 11.6 Å². The Kier molecular flexibility index (Phi) is 2.91. The van der Waals surface area contributed by atoms with Gasteiger partial charge in [-0.15, -0.1) is 0 Å². The molecule has 0 aliphatic carbocycles. The number of amidine groups is 1. The highest BCUT2D eigenvalue weighted by molar-refractivity contribution is 7.98. The first-order valence-electron chi connectivity index (χ1n) is 5.56. The average Bonchev–Trinajstić information content (AvgIpc) is 2.41. The number of hydrogen-bond acceptors (Lipinski definition) is 3. The Morgan fingerprint density at radius 3 is 2.94 bits per heavy atom. The molecule has 92 valence electrons. The van der Waals surface area contributed by atoms with Crippen LogP contribution in [0.25, 0.3) is 5.57 Å². The van der Waals surface area contributed by atoms with Crippen molar-refractivity contribution in [2.75, 3.05) is 12.3 Å². The van der Waals surface area contributed by atoms with Gasteiger partial charge in [-0.2, -0.15) is 4.40 Å². The molecule has 1 aromatic carbocycles. The van der Waals surface area contributed by atoms with Crippen molar-refractivity contribution in [1.29, 1.82) is 0 Å². The third kappa shape index (κ3) is 1.95. The van der Waals surface area contributed by atoms with Gasteiger partial charge < -0.3 is 4.90 Å². The quantitative estimate of drug-likeness (QED) is 0.724. The molecular formula is C13H10F2N2S. The minimum Gasteiger partial charge on any atom is -0.331 e. The smallest absolute Gasteiger partial charge is 0.159 e. The molecule has 0 saturated carbocycles. The molecule has 0 aromatic heterocycles. The highest BCUT2D eigenvalue weighted by atomic mass is 32.2. The van der Waals surface area contributed by atoms with Crippen LogP contribution in [0.2, 0.25) is 0 Å². The Morgan fingerprint density at radius 2 is 2.11 bits per heavy atom. The van der Waals surface area contributed by atoms with Gasteiger partial charge in [-0.3, -0.25) is 0 Å². The molecule has 2 heterocycles. The third-order valence-electron chi connectivity index (χ3n) is 2.85. The molecule has 0 fully saturated rings. The van der Waals surface area contributed by atoms with Gasteiger partial charge in [0.05, 0.1) is 0 Å². The van der Waals surface area contributed by atoms with Crippen molar-refractivity contribution in [3.63, 3.8) is 0 Å². The van der Waals surface area contributed by atoms with Crippen molar-refractivity contribution >= 4 is 23.4 Å². The molecule has 2 aliphatic heterocycles. The third-order valence-corrected chi connectivity index (χ3v) is 3.51. The largest absolute Gasteiger partial charge is 0.331 e. The monoisotopic (exact) mass is 264 g/mol. The molecule has 1 aromatic rings. The van der Waals surface area contributed by atoms with E-state index in [2.05, 4.69) is 4.40 Å². The van der Waals surface area contributed by atoms with Gasteiger partial charge in [0.25, 0.3) is 0 Å². The molecule has 18 heavy (non-hydrogen) atoms. The number of rotatable bonds is 1. The van der Waals surface area contributed by atoms with Crippen LogP contribution in [-0.2, 0) is 0 Å². The maximum Gasteiger partial charge on any atom is 0.159 e. The molecular weight excluding hydrogens is 254 g/mol. The van der Waals surface area contributed by atoms with Crippen molar-refractivity contribution in [1.82, 2.24) is 4.90 Å². The maximum atomic E-state index is 13.3. The van der Waals surface area contributed by atoms with Gasteiger partial charge in [-0.25, -0.2) is 8.78 Å².